The second kappa shape index (κ2) is 3.22. The number of halogens is 1. The van der Waals surface area contributed by atoms with E-state index in [4.69, 9.17) is 0 Å². The molecule has 4 rings (SSSR count). The second-order valence-electron chi connectivity index (χ2n) is 3.92. The SMILES string of the molecule is Ic1nnc2nc3c(nn12)-c1ccccc1C3. The minimum atomic E-state index is 0.570. The van der Waals surface area contributed by atoms with E-state index < -0.39 is 0 Å². The molecule has 82 valence electrons. The number of rotatable bonds is 0. The van der Waals surface area contributed by atoms with Crippen LogP contribution in [0, 0.1) is 3.83 Å². The Kier molecular flexibility index (Phi) is 1.79. The quantitative estimate of drug-likeness (QED) is 0.459. The zero-order chi connectivity index (χ0) is 11.4. The molecule has 0 atom stereocenters. The van der Waals surface area contributed by atoms with Gasteiger partial charge < -0.3 is 0 Å². The van der Waals surface area contributed by atoms with Gasteiger partial charge in [-0.1, -0.05) is 24.3 Å². The van der Waals surface area contributed by atoms with Gasteiger partial charge in [-0.05, 0) is 5.56 Å². The second-order valence-corrected chi connectivity index (χ2v) is 4.89. The van der Waals surface area contributed by atoms with Crippen LogP contribution in [0.3, 0.4) is 0 Å². The van der Waals surface area contributed by atoms with Crippen molar-refractivity contribution in [3.05, 3.63) is 39.4 Å². The van der Waals surface area contributed by atoms with Crippen LogP contribution >= 0.6 is 22.6 Å². The zero-order valence-electron chi connectivity index (χ0n) is 8.63. The van der Waals surface area contributed by atoms with Gasteiger partial charge >= 0.3 is 0 Å². The Morgan fingerprint density at radius 2 is 2.06 bits per heavy atom. The summed E-state index contributed by atoms with van der Waals surface area (Å²) in [5, 5.41) is 12.5. The summed E-state index contributed by atoms with van der Waals surface area (Å²) in [6.45, 7) is 0. The largest absolute Gasteiger partial charge is 0.272 e. The lowest BCUT2D eigenvalue weighted by Gasteiger charge is -1.99. The first-order valence-corrected chi connectivity index (χ1v) is 6.27. The van der Waals surface area contributed by atoms with Crippen LogP contribution in [0.15, 0.2) is 24.3 Å². The summed E-state index contributed by atoms with van der Waals surface area (Å²) >= 11 is 2.10. The molecule has 0 radical (unpaired) electrons. The molecule has 17 heavy (non-hydrogen) atoms. The Labute approximate surface area is 110 Å². The third-order valence-electron chi connectivity index (χ3n) is 2.92. The molecule has 6 heteroatoms. The number of hydrogen-bond donors (Lipinski definition) is 0. The van der Waals surface area contributed by atoms with Crippen molar-refractivity contribution in [1.82, 2.24) is 24.8 Å². The summed E-state index contributed by atoms with van der Waals surface area (Å²) in [7, 11) is 0. The molecule has 0 unspecified atom stereocenters. The number of hydrogen-bond acceptors (Lipinski definition) is 4. The fourth-order valence-electron chi connectivity index (χ4n) is 2.16. The van der Waals surface area contributed by atoms with Crippen molar-refractivity contribution in [2.75, 3.05) is 0 Å². The van der Waals surface area contributed by atoms with Crippen LogP contribution < -0.4 is 0 Å². The summed E-state index contributed by atoms with van der Waals surface area (Å²) in [5.74, 6) is 0.570. The maximum Gasteiger partial charge on any atom is 0.272 e. The molecule has 3 aromatic rings. The minimum Gasteiger partial charge on any atom is -0.212 e. The van der Waals surface area contributed by atoms with Gasteiger partial charge in [0.05, 0.1) is 5.69 Å². The molecule has 2 aromatic heterocycles. The molecule has 0 fully saturated rings. The highest BCUT2D eigenvalue weighted by Gasteiger charge is 2.22. The molecule has 0 saturated carbocycles. The summed E-state index contributed by atoms with van der Waals surface area (Å²) in [6.07, 6.45) is 0.832. The van der Waals surface area contributed by atoms with Gasteiger partial charge in [-0.25, -0.2) is 4.98 Å². The van der Waals surface area contributed by atoms with Crippen LogP contribution in [0.2, 0.25) is 0 Å². The molecule has 1 aromatic carbocycles. The maximum absolute atomic E-state index is 4.58. The van der Waals surface area contributed by atoms with E-state index in [9.17, 15) is 0 Å². The molecule has 0 N–H and O–H groups in total. The van der Waals surface area contributed by atoms with Crippen LogP contribution in [0.4, 0.5) is 0 Å². The van der Waals surface area contributed by atoms with E-state index in [0.29, 0.717) is 5.78 Å². The summed E-state index contributed by atoms with van der Waals surface area (Å²) < 4.78 is 2.42. The molecular formula is C11H6IN5. The van der Waals surface area contributed by atoms with Crippen molar-refractivity contribution in [1.29, 1.82) is 0 Å². The van der Waals surface area contributed by atoms with E-state index in [-0.39, 0.29) is 0 Å². The van der Waals surface area contributed by atoms with Crippen LogP contribution in [-0.4, -0.2) is 24.8 Å². The standard InChI is InChI=1S/C11H6IN5/c12-10-14-15-11-13-8-5-6-3-1-2-4-7(6)9(8)16-17(10)11/h1-4H,5H2. The Hall–Kier alpha value is -1.57. The van der Waals surface area contributed by atoms with E-state index >= 15 is 0 Å². The first-order valence-electron chi connectivity index (χ1n) is 5.19. The molecule has 1 aliphatic carbocycles. The fourth-order valence-corrected chi connectivity index (χ4v) is 2.59. The number of aromatic nitrogens is 5. The van der Waals surface area contributed by atoms with Gasteiger partial charge in [0.2, 0.25) is 3.83 Å². The average molecular weight is 335 g/mol. The predicted octanol–water partition coefficient (Wildman–Crippen LogP) is 1.70. The Balaban J connectivity index is 2.09. The van der Waals surface area contributed by atoms with E-state index in [1.807, 2.05) is 12.1 Å². The van der Waals surface area contributed by atoms with Crippen molar-refractivity contribution in [3.63, 3.8) is 0 Å². The number of nitrogens with zero attached hydrogens (tertiary/aromatic N) is 5. The van der Waals surface area contributed by atoms with Gasteiger partial charge in [0.1, 0.15) is 5.69 Å². The molecule has 2 heterocycles. The predicted molar refractivity (Wildman–Crippen MR) is 69.5 cm³/mol. The van der Waals surface area contributed by atoms with E-state index in [1.165, 1.54) is 11.1 Å². The first kappa shape index (κ1) is 9.46. The molecule has 0 spiro atoms. The molecule has 1 aliphatic rings. The van der Waals surface area contributed by atoms with Crippen LogP contribution in [0.25, 0.3) is 17.0 Å². The molecule has 0 bridgehead atoms. The molecule has 5 nitrogen and oxygen atoms in total. The lowest BCUT2D eigenvalue weighted by atomic mass is 10.1. The molecule has 0 aliphatic heterocycles. The normalized spacial score (nSPS) is 12.8. The summed E-state index contributed by atoms with van der Waals surface area (Å²) in [6, 6.07) is 8.27. The Morgan fingerprint density at radius 3 is 3.00 bits per heavy atom. The van der Waals surface area contributed by atoms with E-state index in [0.717, 1.165) is 21.6 Å². The summed E-state index contributed by atoms with van der Waals surface area (Å²) in [4.78, 5) is 4.51. The molecule has 0 saturated heterocycles. The van der Waals surface area contributed by atoms with Gasteiger partial charge in [-0.2, -0.15) is 9.61 Å². The molecular weight excluding hydrogens is 329 g/mol. The lowest BCUT2D eigenvalue weighted by molar-refractivity contribution is 0.867. The van der Waals surface area contributed by atoms with Crippen LogP contribution in [0.5, 0.6) is 0 Å². The van der Waals surface area contributed by atoms with Gasteiger partial charge in [-0.3, -0.25) is 0 Å². The zero-order valence-corrected chi connectivity index (χ0v) is 10.8. The highest BCUT2D eigenvalue weighted by Crippen LogP contribution is 2.33. The van der Waals surface area contributed by atoms with Gasteiger partial charge in [0.15, 0.2) is 0 Å². The van der Waals surface area contributed by atoms with Crippen molar-refractivity contribution < 1.29 is 0 Å². The first-order chi connectivity index (χ1) is 8.33. The van der Waals surface area contributed by atoms with Crippen molar-refractivity contribution in [2.24, 2.45) is 0 Å². The van der Waals surface area contributed by atoms with Crippen LogP contribution in [-0.2, 0) is 6.42 Å². The highest BCUT2D eigenvalue weighted by molar-refractivity contribution is 14.1. The van der Waals surface area contributed by atoms with Crippen LogP contribution in [0.1, 0.15) is 11.3 Å². The smallest absolute Gasteiger partial charge is 0.212 e. The van der Waals surface area contributed by atoms with Gasteiger partial charge in [0.25, 0.3) is 5.78 Å². The topological polar surface area (TPSA) is 56.0 Å². The number of benzene rings is 1. The van der Waals surface area contributed by atoms with E-state index in [2.05, 4.69) is 55.0 Å². The maximum atomic E-state index is 4.58. The molecule has 0 amide bonds. The van der Waals surface area contributed by atoms with Gasteiger partial charge in [0, 0.05) is 34.6 Å². The van der Waals surface area contributed by atoms with Crippen molar-refractivity contribution in [2.45, 2.75) is 6.42 Å². The highest BCUT2D eigenvalue weighted by atomic mass is 127. The van der Waals surface area contributed by atoms with E-state index in [1.54, 1.807) is 4.52 Å². The minimum absolute atomic E-state index is 0.570. The van der Waals surface area contributed by atoms with Gasteiger partial charge in [-0.15, -0.1) is 10.2 Å². The van der Waals surface area contributed by atoms with Crippen molar-refractivity contribution >= 4 is 28.4 Å². The monoisotopic (exact) mass is 335 g/mol. The fraction of sp³-hybridized carbons (Fsp3) is 0.0909. The number of fused-ring (bicyclic) bond motifs is 4. The Morgan fingerprint density at radius 1 is 1.18 bits per heavy atom. The van der Waals surface area contributed by atoms with Crippen molar-refractivity contribution in [3.8, 4) is 11.3 Å². The summed E-state index contributed by atoms with van der Waals surface area (Å²) in [5.41, 5.74) is 4.38. The Bertz CT molecular complexity index is 749. The third kappa shape index (κ3) is 1.24. The lowest BCUT2D eigenvalue weighted by Crippen LogP contribution is -2.01. The average Bonchev–Trinajstić information content (AvgIpc) is 2.88. The third-order valence-corrected chi connectivity index (χ3v) is 3.60.